The largest absolute Gasteiger partial charge is 0.467 e. The predicted molar refractivity (Wildman–Crippen MR) is 116 cm³/mol. The van der Waals surface area contributed by atoms with Crippen LogP contribution in [0, 0.1) is 17.2 Å². The van der Waals surface area contributed by atoms with Gasteiger partial charge < -0.3 is 10.1 Å². The molecule has 2 heterocycles. The van der Waals surface area contributed by atoms with E-state index in [-0.39, 0.29) is 12.5 Å². The van der Waals surface area contributed by atoms with E-state index >= 15 is 0 Å². The first-order valence-corrected chi connectivity index (χ1v) is 11.2. The van der Waals surface area contributed by atoms with Crippen LogP contribution in [0.25, 0.3) is 10.2 Å². The molecule has 0 saturated carbocycles. The predicted octanol–water partition coefficient (Wildman–Crippen LogP) is 4.45. The van der Waals surface area contributed by atoms with Crippen LogP contribution in [-0.2, 0) is 17.6 Å². The Morgan fingerprint density at radius 2 is 2.28 bits per heavy atom. The zero-order valence-electron chi connectivity index (χ0n) is 16.0. The fourth-order valence-electron chi connectivity index (χ4n) is 3.48. The number of nitriles is 1. The molecular formula is C21H20N4O2S2. The summed E-state index contributed by atoms with van der Waals surface area (Å²) in [6.45, 7) is 2.14. The van der Waals surface area contributed by atoms with Crippen LogP contribution in [0.15, 0.2) is 35.5 Å². The Kier molecular flexibility index (Phi) is 5.97. The zero-order valence-corrected chi connectivity index (χ0v) is 17.6. The minimum absolute atomic E-state index is 0.135. The summed E-state index contributed by atoms with van der Waals surface area (Å²) in [6, 6.07) is 9.52. The number of rotatable bonds is 6. The Labute approximate surface area is 177 Å². The molecule has 1 aromatic carbocycles. The molecule has 6 nitrogen and oxygen atoms in total. The van der Waals surface area contributed by atoms with E-state index in [1.165, 1.54) is 28.5 Å². The highest BCUT2D eigenvalue weighted by atomic mass is 32.2. The van der Waals surface area contributed by atoms with Crippen molar-refractivity contribution >= 4 is 44.9 Å². The molecule has 0 bridgehead atoms. The molecule has 1 aliphatic carbocycles. The number of aryl methyl sites for hydroxylation is 1. The van der Waals surface area contributed by atoms with Crippen LogP contribution in [0.3, 0.4) is 0 Å². The van der Waals surface area contributed by atoms with Gasteiger partial charge in [0, 0.05) is 9.77 Å². The van der Waals surface area contributed by atoms with E-state index in [0.29, 0.717) is 23.2 Å². The van der Waals surface area contributed by atoms with Gasteiger partial charge in [0.05, 0.1) is 22.9 Å². The average Bonchev–Trinajstić information content (AvgIpc) is 3.09. The quantitative estimate of drug-likeness (QED) is 0.588. The Morgan fingerprint density at radius 1 is 1.41 bits per heavy atom. The Hall–Kier alpha value is -2.63. The van der Waals surface area contributed by atoms with Crippen molar-refractivity contribution in [2.24, 2.45) is 5.92 Å². The van der Waals surface area contributed by atoms with E-state index in [9.17, 15) is 4.79 Å². The number of aromatic nitrogens is 2. The Morgan fingerprint density at radius 3 is 3.14 bits per heavy atom. The minimum atomic E-state index is -0.264. The second-order valence-electron chi connectivity index (χ2n) is 6.99. The van der Waals surface area contributed by atoms with Crippen LogP contribution >= 0.6 is 23.1 Å². The third kappa shape index (κ3) is 4.36. The fourth-order valence-corrected chi connectivity index (χ4v) is 5.49. The van der Waals surface area contributed by atoms with Crippen LogP contribution in [0.1, 0.15) is 23.8 Å². The number of anilines is 1. The molecule has 2 aromatic heterocycles. The van der Waals surface area contributed by atoms with Crippen LogP contribution < -0.4 is 10.1 Å². The molecule has 0 saturated heterocycles. The van der Waals surface area contributed by atoms with Gasteiger partial charge in [-0.3, -0.25) is 4.79 Å². The number of ether oxygens (including phenoxy) is 1. The molecule has 148 valence electrons. The summed E-state index contributed by atoms with van der Waals surface area (Å²) in [5.41, 5.74) is 1.95. The van der Waals surface area contributed by atoms with Crippen LogP contribution in [0.4, 0.5) is 5.69 Å². The molecule has 0 aliphatic heterocycles. The number of hydrogen-bond acceptors (Lipinski definition) is 7. The molecule has 0 fully saturated rings. The Bertz CT molecular complexity index is 1090. The molecule has 1 unspecified atom stereocenters. The number of carbonyl (C=O) groups is 1. The summed E-state index contributed by atoms with van der Waals surface area (Å²) in [5.74, 6) is 1.21. The summed E-state index contributed by atoms with van der Waals surface area (Å²) in [7, 11) is 0. The maximum absolute atomic E-state index is 12.5. The highest BCUT2D eigenvalue weighted by molar-refractivity contribution is 7.99. The number of carbonyl (C=O) groups excluding carboxylic acids is 1. The van der Waals surface area contributed by atoms with Crippen LogP contribution in [0.2, 0.25) is 0 Å². The first-order chi connectivity index (χ1) is 14.2. The van der Waals surface area contributed by atoms with Crippen molar-refractivity contribution in [2.75, 3.05) is 17.7 Å². The fraction of sp³-hybridized carbons (Fsp3) is 0.333. The van der Waals surface area contributed by atoms with Gasteiger partial charge in [-0.25, -0.2) is 9.97 Å². The summed E-state index contributed by atoms with van der Waals surface area (Å²) in [4.78, 5) is 24.3. The van der Waals surface area contributed by atoms with E-state index in [1.807, 2.05) is 24.3 Å². The highest BCUT2D eigenvalue weighted by Gasteiger charge is 2.24. The van der Waals surface area contributed by atoms with Crippen molar-refractivity contribution in [3.05, 3.63) is 41.0 Å². The van der Waals surface area contributed by atoms with Crippen LogP contribution in [-0.4, -0.2) is 28.2 Å². The lowest BCUT2D eigenvalue weighted by molar-refractivity contribution is -0.118. The molecule has 0 spiro atoms. The molecule has 1 atom stereocenters. The first-order valence-electron chi connectivity index (χ1n) is 9.42. The van der Waals surface area contributed by atoms with E-state index < -0.39 is 0 Å². The number of thioether (sulfide) groups is 1. The lowest BCUT2D eigenvalue weighted by Gasteiger charge is -2.18. The average molecular weight is 425 g/mol. The second-order valence-corrected chi connectivity index (χ2v) is 9.09. The van der Waals surface area contributed by atoms with Crippen molar-refractivity contribution < 1.29 is 9.53 Å². The summed E-state index contributed by atoms with van der Waals surface area (Å²) >= 11 is 3.09. The zero-order chi connectivity index (χ0) is 20.2. The molecule has 3 aromatic rings. The number of fused-ring (bicyclic) bond motifs is 3. The normalized spacial score (nSPS) is 15.5. The van der Waals surface area contributed by atoms with Crippen molar-refractivity contribution in [1.29, 1.82) is 5.26 Å². The number of thiophene rings is 1. The van der Waals surface area contributed by atoms with Crippen molar-refractivity contribution in [3.63, 3.8) is 0 Å². The van der Waals surface area contributed by atoms with Gasteiger partial charge in [-0.2, -0.15) is 5.26 Å². The smallest absolute Gasteiger partial charge is 0.262 e. The van der Waals surface area contributed by atoms with Gasteiger partial charge in [0.15, 0.2) is 6.61 Å². The number of hydrogen-bond donors (Lipinski definition) is 1. The number of amides is 1. The number of para-hydroxylation sites is 1. The van der Waals surface area contributed by atoms with Gasteiger partial charge >= 0.3 is 0 Å². The van der Waals surface area contributed by atoms with Gasteiger partial charge in [-0.05, 0) is 42.9 Å². The minimum Gasteiger partial charge on any atom is -0.467 e. The third-order valence-corrected chi connectivity index (χ3v) is 6.95. The first kappa shape index (κ1) is 19.7. The van der Waals surface area contributed by atoms with Gasteiger partial charge in [0.25, 0.3) is 5.91 Å². The van der Waals surface area contributed by atoms with E-state index in [1.54, 1.807) is 11.3 Å². The van der Waals surface area contributed by atoms with Crippen molar-refractivity contribution in [1.82, 2.24) is 9.97 Å². The van der Waals surface area contributed by atoms with E-state index in [2.05, 4.69) is 28.3 Å². The molecule has 1 N–H and O–H groups in total. The van der Waals surface area contributed by atoms with Crippen LogP contribution in [0.5, 0.6) is 5.88 Å². The standard InChI is InChI=1S/C21H20N4O2S2/c1-13-6-7-14-17(10-13)29-21-19(14)20(23-12-24-21)27-11-18(26)25-15-4-2-3-5-16(15)28-9-8-22/h2-5,12-13H,6-7,9-11H2,1H3,(H,25,26). The molecule has 1 amide bonds. The van der Waals surface area contributed by atoms with Gasteiger partial charge in [0.2, 0.25) is 5.88 Å². The van der Waals surface area contributed by atoms with Crippen molar-refractivity contribution in [3.8, 4) is 11.9 Å². The maximum atomic E-state index is 12.5. The molecule has 1 aliphatic rings. The highest BCUT2D eigenvalue weighted by Crippen LogP contribution is 2.40. The van der Waals surface area contributed by atoms with Gasteiger partial charge in [-0.1, -0.05) is 19.1 Å². The molecule has 29 heavy (non-hydrogen) atoms. The number of nitrogens with zero attached hydrogens (tertiary/aromatic N) is 3. The summed E-state index contributed by atoms with van der Waals surface area (Å²) in [6.07, 6.45) is 4.70. The lowest BCUT2D eigenvalue weighted by atomic mass is 9.89. The summed E-state index contributed by atoms with van der Waals surface area (Å²) < 4.78 is 5.81. The SMILES string of the molecule is CC1CCc2c(sc3ncnc(OCC(=O)Nc4ccccc4SCC#N)c23)C1. The third-order valence-electron chi connectivity index (χ3n) is 4.85. The summed E-state index contributed by atoms with van der Waals surface area (Å²) in [5, 5.41) is 12.6. The van der Waals surface area contributed by atoms with E-state index in [4.69, 9.17) is 10.00 Å². The monoisotopic (exact) mass is 424 g/mol. The topological polar surface area (TPSA) is 87.9 Å². The van der Waals surface area contributed by atoms with Gasteiger partial charge in [-0.15, -0.1) is 23.1 Å². The second kappa shape index (κ2) is 8.80. The van der Waals surface area contributed by atoms with Gasteiger partial charge in [0.1, 0.15) is 11.2 Å². The lowest BCUT2D eigenvalue weighted by Crippen LogP contribution is -2.21. The van der Waals surface area contributed by atoms with Crippen molar-refractivity contribution in [2.45, 2.75) is 31.1 Å². The number of nitrogens with one attached hydrogen (secondary N) is 1. The molecule has 0 radical (unpaired) electrons. The maximum Gasteiger partial charge on any atom is 0.262 e. The van der Waals surface area contributed by atoms with E-state index in [0.717, 1.165) is 34.4 Å². The Balaban J connectivity index is 1.48. The molecular weight excluding hydrogens is 404 g/mol. The molecule has 4 rings (SSSR count). The molecule has 8 heteroatoms. The number of benzene rings is 1.